The molecule has 2 heterocycles. The summed E-state index contributed by atoms with van der Waals surface area (Å²) in [5.74, 6) is 1.09. The first-order valence-corrected chi connectivity index (χ1v) is 8.23. The summed E-state index contributed by atoms with van der Waals surface area (Å²) in [6.07, 6.45) is 2.01. The molecule has 0 N–H and O–H groups in total. The molecule has 1 aromatic carbocycles. The van der Waals surface area contributed by atoms with E-state index in [9.17, 15) is 0 Å². The number of nitrogens with zero attached hydrogens (tertiary/aromatic N) is 4. The third-order valence-electron chi connectivity index (χ3n) is 4.61. The first kappa shape index (κ1) is 15.8. The first-order valence-electron chi connectivity index (χ1n) is 8.23. The molecule has 0 unspecified atom stereocenters. The molecule has 0 radical (unpaired) electrons. The van der Waals surface area contributed by atoms with Crippen LogP contribution in [0.4, 0.5) is 11.5 Å². The number of pyridine rings is 1. The van der Waals surface area contributed by atoms with Crippen LogP contribution >= 0.6 is 0 Å². The summed E-state index contributed by atoms with van der Waals surface area (Å²) in [5.41, 5.74) is 5.01. The van der Waals surface area contributed by atoms with Crippen LogP contribution in [0.3, 0.4) is 0 Å². The van der Waals surface area contributed by atoms with Gasteiger partial charge < -0.3 is 14.7 Å². The predicted molar refractivity (Wildman–Crippen MR) is 98.4 cm³/mol. The molecular formula is C19H26N4. The van der Waals surface area contributed by atoms with E-state index in [0.29, 0.717) is 0 Å². The zero-order valence-corrected chi connectivity index (χ0v) is 14.6. The van der Waals surface area contributed by atoms with E-state index in [0.717, 1.165) is 37.7 Å². The minimum Gasteiger partial charge on any atom is -0.376 e. The fourth-order valence-corrected chi connectivity index (χ4v) is 3.09. The second kappa shape index (κ2) is 6.59. The highest BCUT2D eigenvalue weighted by atomic mass is 15.3. The van der Waals surface area contributed by atoms with Gasteiger partial charge in [-0.25, -0.2) is 4.98 Å². The normalized spacial score (nSPS) is 15.7. The van der Waals surface area contributed by atoms with Gasteiger partial charge >= 0.3 is 0 Å². The molecule has 0 spiro atoms. The molecule has 4 nitrogen and oxygen atoms in total. The van der Waals surface area contributed by atoms with Gasteiger partial charge in [-0.1, -0.05) is 24.3 Å². The smallest absolute Gasteiger partial charge is 0.129 e. The first-order chi connectivity index (χ1) is 11.1. The fraction of sp³-hybridized carbons (Fsp3) is 0.421. The minimum absolute atomic E-state index is 1.04. The largest absolute Gasteiger partial charge is 0.376 e. The molecular weight excluding hydrogens is 284 g/mol. The number of piperazine rings is 1. The van der Waals surface area contributed by atoms with E-state index >= 15 is 0 Å². The van der Waals surface area contributed by atoms with Gasteiger partial charge in [-0.3, -0.25) is 0 Å². The van der Waals surface area contributed by atoms with Gasteiger partial charge in [-0.15, -0.1) is 0 Å². The van der Waals surface area contributed by atoms with Crippen LogP contribution in [0.25, 0.3) is 11.1 Å². The lowest BCUT2D eigenvalue weighted by molar-refractivity contribution is 0.312. The number of hydrogen-bond donors (Lipinski definition) is 0. The molecule has 23 heavy (non-hydrogen) atoms. The van der Waals surface area contributed by atoms with Gasteiger partial charge in [0.1, 0.15) is 5.82 Å². The summed E-state index contributed by atoms with van der Waals surface area (Å²) in [5, 5.41) is 0. The molecule has 3 rings (SSSR count). The number of likely N-dealkylation sites (N-methyl/N-ethyl adjacent to an activating group) is 1. The van der Waals surface area contributed by atoms with Gasteiger partial charge in [0.2, 0.25) is 0 Å². The lowest BCUT2D eigenvalue weighted by Crippen LogP contribution is -2.44. The molecule has 0 bridgehead atoms. The number of benzene rings is 1. The molecule has 0 saturated carbocycles. The number of aryl methyl sites for hydroxylation is 1. The Labute approximate surface area is 139 Å². The molecule has 4 heteroatoms. The van der Waals surface area contributed by atoms with E-state index in [4.69, 9.17) is 4.98 Å². The number of anilines is 2. The molecule has 122 valence electrons. The molecule has 1 saturated heterocycles. The van der Waals surface area contributed by atoms with Crippen LogP contribution in [0.1, 0.15) is 5.56 Å². The van der Waals surface area contributed by atoms with Crippen molar-refractivity contribution in [1.29, 1.82) is 0 Å². The van der Waals surface area contributed by atoms with E-state index in [-0.39, 0.29) is 0 Å². The summed E-state index contributed by atoms with van der Waals surface area (Å²) >= 11 is 0. The topological polar surface area (TPSA) is 22.6 Å². The Hall–Kier alpha value is -2.07. The van der Waals surface area contributed by atoms with Crippen LogP contribution in [0.2, 0.25) is 0 Å². The minimum atomic E-state index is 1.04. The Balaban J connectivity index is 2.02. The Kier molecular flexibility index (Phi) is 4.53. The SMILES string of the molecule is Cc1ccccc1-c1cc(N2CCN(C)CC2)ncc1N(C)C. The summed E-state index contributed by atoms with van der Waals surface area (Å²) in [4.78, 5) is 11.6. The van der Waals surface area contributed by atoms with Crippen LogP contribution in [-0.4, -0.2) is 57.2 Å². The van der Waals surface area contributed by atoms with Gasteiger partial charge in [0.25, 0.3) is 0 Å². The highest BCUT2D eigenvalue weighted by molar-refractivity contribution is 5.81. The second-order valence-electron chi connectivity index (χ2n) is 6.56. The maximum atomic E-state index is 4.73. The van der Waals surface area contributed by atoms with Gasteiger partial charge in [0.05, 0.1) is 11.9 Å². The summed E-state index contributed by atoms with van der Waals surface area (Å²) < 4.78 is 0. The standard InChI is InChI=1S/C19H26N4/c1-15-7-5-6-8-16(15)17-13-19(20-14-18(17)21(2)3)23-11-9-22(4)10-12-23/h5-8,13-14H,9-12H2,1-4H3. The van der Waals surface area contributed by atoms with E-state index < -0.39 is 0 Å². The number of hydrogen-bond acceptors (Lipinski definition) is 4. The average molecular weight is 310 g/mol. The lowest BCUT2D eigenvalue weighted by Gasteiger charge is -2.33. The molecule has 0 aliphatic carbocycles. The van der Waals surface area contributed by atoms with Crippen LogP contribution in [0, 0.1) is 6.92 Å². The molecule has 0 atom stereocenters. The van der Waals surface area contributed by atoms with Crippen molar-refractivity contribution in [2.45, 2.75) is 6.92 Å². The lowest BCUT2D eigenvalue weighted by atomic mass is 9.99. The van der Waals surface area contributed by atoms with Crippen molar-refractivity contribution in [2.75, 3.05) is 57.1 Å². The average Bonchev–Trinajstić information content (AvgIpc) is 2.55. The van der Waals surface area contributed by atoms with Crippen molar-refractivity contribution < 1.29 is 0 Å². The van der Waals surface area contributed by atoms with E-state index in [1.54, 1.807) is 0 Å². The Bertz CT molecular complexity index is 673. The van der Waals surface area contributed by atoms with Crippen LogP contribution in [-0.2, 0) is 0 Å². The van der Waals surface area contributed by atoms with Crippen molar-refractivity contribution in [2.24, 2.45) is 0 Å². The van der Waals surface area contributed by atoms with Crippen LogP contribution < -0.4 is 9.80 Å². The van der Waals surface area contributed by atoms with E-state index in [1.807, 2.05) is 6.20 Å². The third kappa shape index (κ3) is 3.32. The molecule has 0 amide bonds. The Morgan fingerprint density at radius 1 is 1.00 bits per heavy atom. The predicted octanol–water partition coefficient (Wildman–Crippen LogP) is 2.87. The summed E-state index contributed by atoms with van der Waals surface area (Å²) in [7, 11) is 6.33. The van der Waals surface area contributed by atoms with E-state index in [2.05, 4.69) is 73.1 Å². The maximum Gasteiger partial charge on any atom is 0.129 e. The van der Waals surface area contributed by atoms with Gasteiger partial charge in [-0.05, 0) is 31.2 Å². The molecule has 1 fully saturated rings. The Morgan fingerprint density at radius 3 is 2.35 bits per heavy atom. The summed E-state index contributed by atoms with van der Waals surface area (Å²) in [6.45, 7) is 6.44. The van der Waals surface area contributed by atoms with Crippen LogP contribution in [0.5, 0.6) is 0 Å². The van der Waals surface area contributed by atoms with Gasteiger partial charge in [0, 0.05) is 45.8 Å². The summed E-state index contributed by atoms with van der Waals surface area (Å²) in [6, 6.07) is 10.8. The number of rotatable bonds is 3. The zero-order chi connectivity index (χ0) is 16.4. The molecule has 1 aliphatic heterocycles. The zero-order valence-electron chi connectivity index (χ0n) is 14.6. The Morgan fingerprint density at radius 2 is 1.70 bits per heavy atom. The second-order valence-corrected chi connectivity index (χ2v) is 6.56. The van der Waals surface area contributed by atoms with Crippen molar-refractivity contribution in [3.8, 4) is 11.1 Å². The number of aromatic nitrogens is 1. The molecule has 1 aromatic heterocycles. The van der Waals surface area contributed by atoms with E-state index in [1.165, 1.54) is 16.7 Å². The van der Waals surface area contributed by atoms with Crippen molar-refractivity contribution in [3.05, 3.63) is 42.1 Å². The van der Waals surface area contributed by atoms with Crippen molar-refractivity contribution in [1.82, 2.24) is 9.88 Å². The van der Waals surface area contributed by atoms with Gasteiger partial charge in [0.15, 0.2) is 0 Å². The molecule has 1 aliphatic rings. The maximum absolute atomic E-state index is 4.73. The van der Waals surface area contributed by atoms with Crippen molar-refractivity contribution >= 4 is 11.5 Å². The van der Waals surface area contributed by atoms with Crippen molar-refractivity contribution in [3.63, 3.8) is 0 Å². The quantitative estimate of drug-likeness (QED) is 0.869. The van der Waals surface area contributed by atoms with Gasteiger partial charge in [-0.2, -0.15) is 0 Å². The highest BCUT2D eigenvalue weighted by Gasteiger charge is 2.18. The molecule has 2 aromatic rings. The highest BCUT2D eigenvalue weighted by Crippen LogP contribution is 2.34. The fourth-order valence-electron chi connectivity index (χ4n) is 3.09. The van der Waals surface area contributed by atoms with Crippen LogP contribution in [0.15, 0.2) is 36.5 Å². The monoisotopic (exact) mass is 310 g/mol. The third-order valence-corrected chi connectivity index (χ3v) is 4.61.